The van der Waals surface area contributed by atoms with E-state index in [-0.39, 0.29) is 11.1 Å². The van der Waals surface area contributed by atoms with Gasteiger partial charge in [0, 0.05) is 17.7 Å². The fraction of sp³-hybridized carbons (Fsp3) is 0.267. The first kappa shape index (κ1) is 16.0. The van der Waals surface area contributed by atoms with Crippen LogP contribution in [0.2, 0.25) is 0 Å². The Morgan fingerprint density at radius 3 is 2.62 bits per heavy atom. The minimum Gasteiger partial charge on any atom is -0.318 e. The number of nitrogens with one attached hydrogen (secondary N) is 2. The number of hydrogen-bond acceptors (Lipinski definition) is 3. The number of nitrogens with zero attached hydrogens (tertiary/aromatic N) is 3. The van der Waals surface area contributed by atoms with E-state index in [2.05, 4.69) is 20.5 Å². The van der Waals surface area contributed by atoms with Crippen molar-refractivity contribution < 1.29 is 18.0 Å². The molecule has 0 spiro atoms. The molecule has 0 saturated heterocycles. The van der Waals surface area contributed by atoms with Crippen LogP contribution in [-0.2, 0) is 6.18 Å². The predicted octanol–water partition coefficient (Wildman–Crippen LogP) is 3.61. The topological polar surface area (TPSA) is 75.6 Å². The molecular formula is C15H14F3N5O. The molecule has 0 saturated carbocycles. The molecule has 2 heterocycles. The van der Waals surface area contributed by atoms with Crippen molar-refractivity contribution in [2.24, 2.45) is 0 Å². The van der Waals surface area contributed by atoms with Crippen LogP contribution in [0.5, 0.6) is 0 Å². The summed E-state index contributed by atoms with van der Waals surface area (Å²) in [5.41, 5.74) is 0.655. The molecule has 1 amide bonds. The quantitative estimate of drug-likeness (QED) is 0.766. The van der Waals surface area contributed by atoms with E-state index < -0.39 is 23.9 Å². The van der Waals surface area contributed by atoms with Crippen LogP contribution in [0.1, 0.15) is 36.1 Å². The van der Waals surface area contributed by atoms with E-state index in [1.807, 2.05) is 0 Å². The molecule has 0 bridgehead atoms. The first-order chi connectivity index (χ1) is 11.3. The Morgan fingerprint density at radius 1 is 1.29 bits per heavy atom. The third-order valence-corrected chi connectivity index (χ3v) is 3.47. The summed E-state index contributed by atoms with van der Waals surface area (Å²) in [6, 6.07) is 5.42. The second-order valence-electron chi connectivity index (χ2n) is 5.52. The zero-order valence-corrected chi connectivity index (χ0v) is 12.8. The molecular weight excluding hydrogens is 323 g/mol. The van der Waals surface area contributed by atoms with Gasteiger partial charge in [0.2, 0.25) is 5.82 Å². The number of alkyl halides is 3. The summed E-state index contributed by atoms with van der Waals surface area (Å²) in [6.07, 6.45) is -3.10. The Morgan fingerprint density at radius 2 is 2.04 bits per heavy atom. The van der Waals surface area contributed by atoms with Crippen molar-refractivity contribution >= 4 is 22.8 Å². The number of rotatable bonds is 3. The van der Waals surface area contributed by atoms with E-state index in [9.17, 15) is 18.0 Å². The lowest BCUT2D eigenvalue weighted by Gasteiger charge is -2.14. The Hall–Kier alpha value is -2.84. The fourth-order valence-electron chi connectivity index (χ4n) is 2.48. The molecule has 0 unspecified atom stereocenters. The number of aromatic nitrogens is 4. The highest BCUT2D eigenvalue weighted by molar-refractivity contribution is 6.05. The van der Waals surface area contributed by atoms with Crippen LogP contribution in [0.4, 0.5) is 19.0 Å². The molecule has 2 aromatic heterocycles. The van der Waals surface area contributed by atoms with E-state index in [1.54, 1.807) is 19.9 Å². The summed E-state index contributed by atoms with van der Waals surface area (Å²) in [5.74, 6) is -1.05. The molecule has 0 radical (unpaired) electrons. The van der Waals surface area contributed by atoms with Gasteiger partial charge in [-0.1, -0.05) is 0 Å². The van der Waals surface area contributed by atoms with Crippen molar-refractivity contribution in [3.63, 3.8) is 0 Å². The SMILES string of the molecule is CC(C)n1c(C(F)(F)F)nc2cc(C(=O)Nc3ccn[nH]3)ccc21. The molecule has 0 fully saturated rings. The highest BCUT2D eigenvalue weighted by atomic mass is 19.4. The summed E-state index contributed by atoms with van der Waals surface area (Å²) in [4.78, 5) is 15.8. The zero-order valence-electron chi connectivity index (χ0n) is 12.8. The monoisotopic (exact) mass is 337 g/mol. The van der Waals surface area contributed by atoms with Gasteiger partial charge in [0.15, 0.2) is 0 Å². The summed E-state index contributed by atoms with van der Waals surface area (Å²) in [7, 11) is 0. The molecule has 3 rings (SSSR count). The summed E-state index contributed by atoms with van der Waals surface area (Å²) < 4.78 is 40.7. The van der Waals surface area contributed by atoms with Gasteiger partial charge in [0.1, 0.15) is 5.82 Å². The van der Waals surface area contributed by atoms with Gasteiger partial charge in [-0.25, -0.2) is 4.98 Å². The van der Waals surface area contributed by atoms with Crippen LogP contribution in [0.3, 0.4) is 0 Å². The van der Waals surface area contributed by atoms with Crippen molar-refractivity contribution in [1.82, 2.24) is 19.7 Å². The van der Waals surface area contributed by atoms with Crippen molar-refractivity contribution in [2.45, 2.75) is 26.1 Å². The Bertz CT molecular complexity index is 881. The first-order valence-electron chi connectivity index (χ1n) is 7.17. The number of halogens is 3. The van der Waals surface area contributed by atoms with Crippen molar-refractivity contribution in [2.75, 3.05) is 5.32 Å². The summed E-state index contributed by atoms with van der Waals surface area (Å²) in [5, 5.41) is 8.84. The van der Waals surface area contributed by atoms with E-state index in [0.29, 0.717) is 11.3 Å². The van der Waals surface area contributed by atoms with Crippen LogP contribution in [0.25, 0.3) is 11.0 Å². The molecule has 126 valence electrons. The average molecular weight is 337 g/mol. The highest BCUT2D eigenvalue weighted by Crippen LogP contribution is 2.33. The first-order valence-corrected chi connectivity index (χ1v) is 7.17. The van der Waals surface area contributed by atoms with Gasteiger partial charge in [-0.05, 0) is 32.0 Å². The number of anilines is 1. The lowest BCUT2D eigenvalue weighted by atomic mass is 10.2. The van der Waals surface area contributed by atoms with Crippen molar-refractivity contribution in [1.29, 1.82) is 0 Å². The van der Waals surface area contributed by atoms with E-state index in [4.69, 9.17) is 0 Å². The lowest BCUT2D eigenvalue weighted by Crippen LogP contribution is -2.16. The van der Waals surface area contributed by atoms with Gasteiger partial charge in [0.25, 0.3) is 5.91 Å². The molecule has 1 aromatic carbocycles. The molecule has 0 atom stereocenters. The Balaban J connectivity index is 2.04. The van der Waals surface area contributed by atoms with Gasteiger partial charge >= 0.3 is 6.18 Å². The number of fused-ring (bicyclic) bond motifs is 1. The Labute approximate surface area is 134 Å². The van der Waals surface area contributed by atoms with Crippen LogP contribution in [0.15, 0.2) is 30.5 Å². The van der Waals surface area contributed by atoms with Crippen molar-refractivity contribution in [3.05, 3.63) is 41.9 Å². The molecule has 24 heavy (non-hydrogen) atoms. The van der Waals surface area contributed by atoms with E-state index in [0.717, 1.165) is 4.57 Å². The van der Waals surface area contributed by atoms with E-state index >= 15 is 0 Å². The lowest BCUT2D eigenvalue weighted by molar-refractivity contribution is -0.147. The van der Waals surface area contributed by atoms with Crippen molar-refractivity contribution in [3.8, 4) is 0 Å². The number of imidazole rings is 1. The fourth-order valence-corrected chi connectivity index (χ4v) is 2.48. The number of carbonyl (C=O) groups excluding carboxylic acids is 1. The Kier molecular flexibility index (Phi) is 3.78. The molecule has 3 aromatic rings. The molecule has 6 nitrogen and oxygen atoms in total. The minimum absolute atomic E-state index is 0.119. The average Bonchev–Trinajstić information content (AvgIpc) is 3.12. The third-order valence-electron chi connectivity index (χ3n) is 3.47. The van der Waals surface area contributed by atoms with Crippen LogP contribution >= 0.6 is 0 Å². The minimum atomic E-state index is -4.57. The second-order valence-corrected chi connectivity index (χ2v) is 5.52. The van der Waals surface area contributed by atoms with Crippen LogP contribution in [0, 0.1) is 0 Å². The molecule has 0 aliphatic rings. The van der Waals surface area contributed by atoms with Crippen LogP contribution < -0.4 is 5.32 Å². The highest BCUT2D eigenvalue weighted by Gasteiger charge is 2.38. The van der Waals surface area contributed by atoms with Gasteiger partial charge in [0.05, 0.1) is 17.2 Å². The maximum atomic E-state index is 13.2. The zero-order chi connectivity index (χ0) is 17.5. The summed E-state index contributed by atoms with van der Waals surface area (Å²) in [6.45, 7) is 3.30. The van der Waals surface area contributed by atoms with Gasteiger partial charge in [-0.3, -0.25) is 9.89 Å². The van der Waals surface area contributed by atoms with Crippen LogP contribution in [-0.4, -0.2) is 25.7 Å². The van der Waals surface area contributed by atoms with E-state index in [1.165, 1.54) is 24.4 Å². The largest absolute Gasteiger partial charge is 0.449 e. The number of hydrogen-bond donors (Lipinski definition) is 2. The molecule has 2 N–H and O–H groups in total. The third kappa shape index (κ3) is 2.84. The molecule has 9 heteroatoms. The smallest absolute Gasteiger partial charge is 0.318 e. The predicted molar refractivity (Wildman–Crippen MR) is 81.7 cm³/mol. The number of H-pyrrole nitrogens is 1. The number of benzene rings is 1. The molecule has 0 aliphatic heterocycles. The van der Waals surface area contributed by atoms with Gasteiger partial charge in [-0.2, -0.15) is 18.3 Å². The molecule has 0 aliphatic carbocycles. The van der Waals surface area contributed by atoms with Gasteiger partial charge in [-0.15, -0.1) is 0 Å². The number of amides is 1. The summed E-state index contributed by atoms with van der Waals surface area (Å²) >= 11 is 0. The number of carbonyl (C=O) groups is 1. The number of aromatic amines is 1. The maximum Gasteiger partial charge on any atom is 0.449 e. The second kappa shape index (κ2) is 5.66. The maximum absolute atomic E-state index is 13.2. The standard InChI is InChI=1S/C15H14F3N5O/c1-8(2)23-11-4-3-9(13(24)21-12-5-6-19-22-12)7-10(11)20-14(23)15(16,17)18/h3-8H,1-2H3,(H2,19,21,22,24). The normalized spacial score (nSPS) is 12.1. The van der Waals surface area contributed by atoms with Gasteiger partial charge < -0.3 is 9.88 Å².